The third kappa shape index (κ3) is 2.95. The van der Waals surface area contributed by atoms with Crippen LogP contribution in [0.2, 0.25) is 0 Å². The number of rotatable bonds is 5. The van der Waals surface area contributed by atoms with Crippen LogP contribution in [0.4, 0.5) is 0 Å². The number of nitrogens with zero attached hydrogens (tertiary/aromatic N) is 1. The lowest BCUT2D eigenvalue weighted by Crippen LogP contribution is -2.53. The fraction of sp³-hybridized carbons (Fsp3) is 0.733. The zero-order valence-corrected chi connectivity index (χ0v) is 12.5. The van der Waals surface area contributed by atoms with E-state index in [0.717, 1.165) is 19.0 Å². The van der Waals surface area contributed by atoms with Gasteiger partial charge in [-0.05, 0) is 61.0 Å². The minimum Gasteiger partial charge on any atom is -0.329 e. The number of hydrogen-bond acceptors (Lipinski definition) is 3. The summed E-state index contributed by atoms with van der Waals surface area (Å²) in [6.07, 6.45) is 6.56. The van der Waals surface area contributed by atoms with Gasteiger partial charge in [0.25, 0.3) is 0 Å². The van der Waals surface area contributed by atoms with Crippen LogP contribution in [0.25, 0.3) is 0 Å². The van der Waals surface area contributed by atoms with E-state index < -0.39 is 0 Å². The second kappa shape index (κ2) is 6.18. The summed E-state index contributed by atoms with van der Waals surface area (Å²) < 4.78 is 0. The van der Waals surface area contributed by atoms with Gasteiger partial charge in [0.05, 0.1) is 0 Å². The van der Waals surface area contributed by atoms with Crippen molar-refractivity contribution in [3.05, 3.63) is 22.4 Å². The van der Waals surface area contributed by atoms with Crippen LogP contribution in [0.3, 0.4) is 0 Å². The van der Waals surface area contributed by atoms with Crippen LogP contribution in [0.15, 0.2) is 16.8 Å². The Bertz CT molecular complexity index is 339. The van der Waals surface area contributed by atoms with E-state index in [9.17, 15) is 0 Å². The van der Waals surface area contributed by atoms with E-state index in [0.29, 0.717) is 0 Å². The van der Waals surface area contributed by atoms with Gasteiger partial charge in [-0.25, -0.2) is 0 Å². The molecule has 3 heteroatoms. The standard InChI is InChI=1S/C15H26N2S/c1-3-13-4-7-15(12-16,8-5-13)17(2)10-14-6-9-18-11-14/h6,9,11,13H,3-5,7-8,10,12,16H2,1-2H3. The fourth-order valence-corrected chi connectivity index (χ4v) is 3.85. The molecule has 1 heterocycles. The van der Waals surface area contributed by atoms with Gasteiger partial charge >= 0.3 is 0 Å². The van der Waals surface area contributed by atoms with Crippen molar-refractivity contribution < 1.29 is 0 Å². The van der Waals surface area contributed by atoms with Crippen molar-refractivity contribution in [1.82, 2.24) is 4.90 Å². The van der Waals surface area contributed by atoms with Crippen molar-refractivity contribution in [3.8, 4) is 0 Å². The largest absolute Gasteiger partial charge is 0.329 e. The molecule has 2 nitrogen and oxygen atoms in total. The summed E-state index contributed by atoms with van der Waals surface area (Å²) in [7, 11) is 2.25. The lowest BCUT2D eigenvalue weighted by molar-refractivity contribution is 0.0580. The maximum atomic E-state index is 6.12. The average Bonchev–Trinajstić information content (AvgIpc) is 2.91. The molecule has 0 saturated heterocycles. The van der Waals surface area contributed by atoms with Crippen molar-refractivity contribution in [1.29, 1.82) is 0 Å². The highest BCUT2D eigenvalue weighted by Crippen LogP contribution is 2.37. The van der Waals surface area contributed by atoms with Crippen molar-refractivity contribution in [3.63, 3.8) is 0 Å². The molecule has 1 saturated carbocycles. The molecule has 18 heavy (non-hydrogen) atoms. The molecule has 0 spiro atoms. The van der Waals surface area contributed by atoms with Crippen LogP contribution in [0, 0.1) is 5.92 Å². The predicted octanol–water partition coefficient (Wildman–Crippen LogP) is 3.48. The van der Waals surface area contributed by atoms with E-state index in [1.807, 2.05) is 0 Å². The van der Waals surface area contributed by atoms with E-state index in [1.165, 1.54) is 37.7 Å². The Balaban J connectivity index is 1.99. The summed E-state index contributed by atoms with van der Waals surface area (Å²) in [5.41, 5.74) is 7.78. The normalized spacial score (nSPS) is 28.8. The molecule has 0 unspecified atom stereocenters. The molecular weight excluding hydrogens is 240 g/mol. The second-order valence-corrected chi connectivity index (χ2v) is 6.55. The van der Waals surface area contributed by atoms with E-state index in [1.54, 1.807) is 11.3 Å². The predicted molar refractivity (Wildman–Crippen MR) is 79.8 cm³/mol. The minimum atomic E-state index is 0.244. The molecule has 0 amide bonds. The van der Waals surface area contributed by atoms with E-state index in [4.69, 9.17) is 5.73 Å². The number of nitrogens with two attached hydrogens (primary N) is 1. The van der Waals surface area contributed by atoms with Gasteiger partial charge < -0.3 is 5.73 Å². The molecule has 0 atom stereocenters. The molecule has 2 rings (SSSR count). The molecule has 102 valence electrons. The molecule has 0 aromatic carbocycles. The summed E-state index contributed by atoms with van der Waals surface area (Å²) in [4.78, 5) is 2.50. The van der Waals surface area contributed by atoms with Gasteiger partial charge in [-0.15, -0.1) is 0 Å². The average molecular weight is 266 g/mol. The number of likely N-dealkylation sites (N-methyl/N-ethyl adjacent to an activating group) is 1. The summed E-state index contributed by atoms with van der Waals surface area (Å²) in [6, 6.07) is 2.23. The van der Waals surface area contributed by atoms with E-state index >= 15 is 0 Å². The van der Waals surface area contributed by atoms with Crippen LogP contribution < -0.4 is 5.73 Å². The second-order valence-electron chi connectivity index (χ2n) is 5.77. The zero-order chi connectivity index (χ0) is 13.0. The zero-order valence-electron chi connectivity index (χ0n) is 11.7. The van der Waals surface area contributed by atoms with Crippen molar-refractivity contribution in [2.45, 2.75) is 51.1 Å². The maximum absolute atomic E-state index is 6.12. The van der Waals surface area contributed by atoms with Gasteiger partial charge in [0.1, 0.15) is 0 Å². The first-order valence-electron chi connectivity index (χ1n) is 7.12. The van der Waals surface area contributed by atoms with Crippen molar-refractivity contribution >= 4 is 11.3 Å². The molecule has 2 N–H and O–H groups in total. The molecule has 1 aromatic rings. The molecule has 0 aliphatic heterocycles. The summed E-state index contributed by atoms with van der Waals surface area (Å²) in [5, 5.41) is 4.41. The Labute approximate surface area is 115 Å². The third-order valence-electron chi connectivity index (χ3n) is 4.80. The Hall–Kier alpha value is -0.380. The summed E-state index contributed by atoms with van der Waals surface area (Å²) in [5.74, 6) is 0.930. The molecule has 1 aromatic heterocycles. The number of hydrogen-bond donors (Lipinski definition) is 1. The van der Waals surface area contributed by atoms with Crippen LogP contribution in [-0.2, 0) is 6.54 Å². The van der Waals surface area contributed by atoms with Crippen LogP contribution >= 0.6 is 11.3 Å². The smallest absolute Gasteiger partial charge is 0.0332 e. The first-order valence-corrected chi connectivity index (χ1v) is 8.07. The monoisotopic (exact) mass is 266 g/mol. The maximum Gasteiger partial charge on any atom is 0.0332 e. The first-order chi connectivity index (χ1) is 8.70. The van der Waals surface area contributed by atoms with Gasteiger partial charge in [0, 0.05) is 18.6 Å². The molecule has 1 aliphatic rings. The molecule has 0 radical (unpaired) electrons. The highest BCUT2D eigenvalue weighted by molar-refractivity contribution is 7.07. The molecule has 1 fully saturated rings. The molecule has 0 bridgehead atoms. The third-order valence-corrected chi connectivity index (χ3v) is 5.53. The van der Waals surface area contributed by atoms with E-state index in [2.05, 4.69) is 35.7 Å². The van der Waals surface area contributed by atoms with Crippen molar-refractivity contribution in [2.75, 3.05) is 13.6 Å². The Morgan fingerprint density at radius 1 is 1.44 bits per heavy atom. The van der Waals surface area contributed by atoms with Crippen LogP contribution in [0.1, 0.15) is 44.6 Å². The topological polar surface area (TPSA) is 29.3 Å². The summed E-state index contributed by atoms with van der Waals surface area (Å²) in [6.45, 7) is 4.15. The minimum absolute atomic E-state index is 0.244. The molecular formula is C15H26N2S. The molecule has 1 aliphatic carbocycles. The van der Waals surface area contributed by atoms with Gasteiger partial charge in [-0.3, -0.25) is 4.90 Å². The Kier molecular flexibility index (Phi) is 4.82. The lowest BCUT2D eigenvalue weighted by Gasteiger charge is -2.46. The quantitative estimate of drug-likeness (QED) is 0.884. The van der Waals surface area contributed by atoms with Gasteiger partial charge in [-0.1, -0.05) is 13.3 Å². The Morgan fingerprint density at radius 2 is 2.17 bits per heavy atom. The van der Waals surface area contributed by atoms with Gasteiger partial charge in [-0.2, -0.15) is 11.3 Å². The van der Waals surface area contributed by atoms with Crippen LogP contribution in [0.5, 0.6) is 0 Å². The summed E-state index contributed by atoms with van der Waals surface area (Å²) >= 11 is 1.78. The van der Waals surface area contributed by atoms with Gasteiger partial charge in [0.2, 0.25) is 0 Å². The van der Waals surface area contributed by atoms with Gasteiger partial charge in [0.15, 0.2) is 0 Å². The van der Waals surface area contributed by atoms with E-state index in [-0.39, 0.29) is 5.54 Å². The Morgan fingerprint density at radius 3 is 2.67 bits per heavy atom. The van der Waals surface area contributed by atoms with Crippen LogP contribution in [-0.4, -0.2) is 24.0 Å². The first kappa shape index (κ1) is 14.0. The highest BCUT2D eigenvalue weighted by Gasteiger charge is 2.36. The van der Waals surface area contributed by atoms with Crippen molar-refractivity contribution in [2.24, 2.45) is 11.7 Å². The highest BCUT2D eigenvalue weighted by atomic mass is 32.1. The fourth-order valence-electron chi connectivity index (χ4n) is 3.19. The number of thiophene rings is 1. The SMILES string of the molecule is CCC1CCC(CN)(N(C)Cc2ccsc2)CC1. The lowest BCUT2D eigenvalue weighted by atomic mass is 9.74.